The molecule has 108 valence electrons. The van der Waals surface area contributed by atoms with E-state index in [1.807, 2.05) is 12.1 Å². The van der Waals surface area contributed by atoms with Crippen LogP contribution >= 0.6 is 0 Å². The van der Waals surface area contributed by atoms with E-state index >= 15 is 0 Å². The van der Waals surface area contributed by atoms with Gasteiger partial charge in [0.05, 0.1) is 18.4 Å². The summed E-state index contributed by atoms with van der Waals surface area (Å²) in [6.45, 7) is 4.43. The van der Waals surface area contributed by atoms with E-state index in [1.165, 1.54) is 19.3 Å². The van der Waals surface area contributed by atoms with Crippen molar-refractivity contribution in [2.24, 2.45) is 0 Å². The van der Waals surface area contributed by atoms with E-state index in [0.717, 1.165) is 18.7 Å². The van der Waals surface area contributed by atoms with Gasteiger partial charge in [0.1, 0.15) is 0 Å². The molecule has 5 heteroatoms. The Morgan fingerprint density at radius 2 is 2.26 bits per heavy atom. The van der Waals surface area contributed by atoms with Gasteiger partial charge in [-0.15, -0.1) is 0 Å². The first-order valence-electron chi connectivity index (χ1n) is 7.06. The zero-order chi connectivity index (χ0) is 13.8. The number of unbranched alkanes of at least 4 members (excludes halogenated alkanes) is 3. The third-order valence-electron chi connectivity index (χ3n) is 2.77. The lowest BCUT2D eigenvalue weighted by Crippen LogP contribution is -2.30. The molecule has 5 nitrogen and oxygen atoms in total. The molecule has 0 fully saturated rings. The lowest BCUT2D eigenvalue weighted by molar-refractivity contribution is 0.0353. The monoisotopic (exact) mass is 267 g/mol. The molecule has 0 bridgehead atoms. The predicted molar refractivity (Wildman–Crippen MR) is 74.7 cm³/mol. The third kappa shape index (κ3) is 8.64. The summed E-state index contributed by atoms with van der Waals surface area (Å²) in [6.07, 6.45) is 5.94. The number of nitrogens with one attached hydrogen (secondary N) is 1. The first-order valence-corrected chi connectivity index (χ1v) is 7.06. The van der Waals surface area contributed by atoms with Gasteiger partial charge in [0, 0.05) is 25.9 Å². The van der Waals surface area contributed by atoms with Gasteiger partial charge < -0.3 is 15.2 Å². The van der Waals surface area contributed by atoms with Gasteiger partial charge in [0.15, 0.2) is 0 Å². The summed E-state index contributed by atoms with van der Waals surface area (Å²) in [5, 5.41) is 20.6. The molecule has 2 N–H and O–H groups in total. The van der Waals surface area contributed by atoms with E-state index in [-0.39, 0.29) is 0 Å². The van der Waals surface area contributed by atoms with Crippen LogP contribution in [0.1, 0.15) is 38.3 Å². The highest BCUT2D eigenvalue weighted by Crippen LogP contribution is 1.99. The Bertz CT molecular complexity index is 309. The summed E-state index contributed by atoms with van der Waals surface area (Å²) in [5.74, 6) is 0. The second-order valence-corrected chi connectivity index (χ2v) is 4.64. The standard InChI is InChI=1S/C14H25N3O2/c1-2-3-4-5-9-19-12-14(18)11-15-10-13-7-6-8-16-17-13/h6-8,14-15,18H,2-5,9-12H2,1H3. The first kappa shape index (κ1) is 16.0. The number of aliphatic hydroxyl groups is 1. The minimum atomic E-state index is -0.470. The van der Waals surface area contributed by atoms with Crippen LogP contribution in [0.3, 0.4) is 0 Å². The summed E-state index contributed by atoms with van der Waals surface area (Å²) < 4.78 is 5.43. The van der Waals surface area contributed by atoms with Crippen molar-refractivity contribution in [1.29, 1.82) is 0 Å². The molecule has 0 amide bonds. The van der Waals surface area contributed by atoms with Crippen LogP contribution in [0.15, 0.2) is 18.3 Å². The number of aromatic nitrogens is 2. The fraction of sp³-hybridized carbons (Fsp3) is 0.714. The van der Waals surface area contributed by atoms with E-state index in [4.69, 9.17) is 4.74 Å². The molecule has 0 aliphatic rings. The van der Waals surface area contributed by atoms with Gasteiger partial charge in [-0.1, -0.05) is 26.2 Å². The predicted octanol–water partition coefficient (Wildman–Crippen LogP) is 1.52. The molecule has 19 heavy (non-hydrogen) atoms. The fourth-order valence-corrected chi connectivity index (χ4v) is 1.70. The van der Waals surface area contributed by atoms with Gasteiger partial charge in [0.2, 0.25) is 0 Å². The average Bonchev–Trinajstić information content (AvgIpc) is 2.44. The van der Waals surface area contributed by atoms with Crippen LogP contribution in [-0.4, -0.2) is 41.2 Å². The van der Waals surface area contributed by atoms with Gasteiger partial charge in [0.25, 0.3) is 0 Å². The minimum Gasteiger partial charge on any atom is -0.389 e. The maximum atomic E-state index is 9.71. The molecule has 0 spiro atoms. The van der Waals surface area contributed by atoms with Crippen LogP contribution < -0.4 is 5.32 Å². The van der Waals surface area contributed by atoms with E-state index in [1.54, 1.807) is 6.20 Å². The average molecular weight is 267 g/mol. The highest BCUT2D eigenvalue weighted by molar-refractivity contribution is 4.98. The van der Waals surface area contributed by atoms with Crippen LogP contribution in [0.5, 0.6) is 0 Å². The second kappa shape index (κ2) is 10.8. The number of hydrogen-bond acceptors (Lipinski definition) is 5. The summed E-state index contributed by atoms with van der Waals surface area (Å²) in [6, 6.07) is 3.75. The normalized spacial score (nSPS) is 12.5. The molecule has 1 aromatic rings. The van der Waals surface area contributed by atoms with E-state index in [0.29, 0.717) is 19.7 Å². The maximum Gasteiger partial charge on any atom is 0.0897 e. The Morgan fingerprint density at radius 3 is 3.00 bits per heavy atom. The SMILES string of the molecule is CCCCCCOCC(O)CNCc1cccnn1. The fourth-order valence-electron chi connectivity index (χ4n) is 1.70. The Morgan fingerprint density at radius 1 is 1.37 bits per heavy atom. The van der Waals surface area contributed by atoms with Gasteiger partial charge in [-0.2, -0.15) is 10.2 Å². The number of rotatable bonds is 11. The Balaban J connectivity index is 1.94. The van der Waals surface area contributed by atoms with Crippen LogP contribution in [0.4, 0.5) is 0 Å². The highest BCUT2D eigenvalue weighted by atomic mass is 16.5. The van der Waals surface area contributed by atoms with Crippen molar-refractivity contribution >= 4 is 0 Å². The Hall–Kier alpha value is -1.04. The largest absolute Gasteiger partial charge is 0.389 e. The number of ether oxygens (including phenoxy) is 1. The van der Waals surface area contributed by atoms with Crippen LogP contribution in [0.2, 0.25) is 0 Å². The lowest BCUT2D eigenvalue weighted by Gasteiger charge is -2.12. The van der Waals surface area contributed by atoms with Crippen molar-refractivity contribution in [3.05, 3.63) is 24.0 Å². The molecule has 1 aromatic heterocycles. The zero-order valence-electron chi connectivity index (χ0n) is 11.7. The second-order valence-electron chi connectivity index (χ2n) is 4.64. The van der Waals surface area contributed by atoms with Crippen molar-refractivity contribution in [3.8, 4) is 0 Å². The number of nitrogens with zero attached hydrogens (tertiary/aromatic N) is 2. The van der Waals surface area contributed by atoms with Crippen molar-refractivity contribution in [3.63, 3.8) is 0 Å². The van der Waals surface area contributed by atoms with Crippen LogP contribution in [0.25, 0.3) is 0 Å². The topological polar surface area (TPSA) is 67.3 Å². The molecule has 0 saturated carbocycles. The molecule has 1 atom stereocenters. The number of aliphatic hydroxyl groups excluding tert-OH is 1. The molecule has 0 aliphatic heterocycles. The highest BCUT2D eigenvalue weighted by Gasteiger charge is 2.04. The van der Waals surface area contributed by atoms with Gasteiger partial charge >= 0.3 is 0 Å². The lowest BCUT2D eigenvalue weighted by atomic mass is 10.2. The molecule has 1 rings (SSSR count). The molecular formula is C14H25N3O2. The third-order valence-corrected chi connectivity index (χ3v) is 2.77. The minimum absolute atomic E-state index is 0.388. The Labute approximate surface area is 115 Å². The van der Waals surface area contributed by atoms with Crippen LogP contribution in [0, 0.1) is 0 Å². The maximum absolute atomic E-state index is 9.71. The van der Waals surface area contributed by atoms with Crippen LogP contribution in [-0.2, 0) is 11.3 Å². The van der Waals surface area contributed by atoms with E-state index < -0.39 is 6.10 Å². The smallest absolute Gasteiger partial charge is 0.0897 e. The number of hydrogen-bond donors (Lipinski definition) is 2. The van der Waals surface area contributed by atoms with Gasteiger partial charge in [-0.05, 0) is 18.6 Å². The summed E-state index contributed by atoms with van der Waals surface area (Å²) >= 11 is 0. The molecule has 1 heterocycles. The molecule has 0 aromatic carbocycles. The molecule has 0 aliphatic carbocycles. The van der Waals surface area contributed by atoms with Gasteiger partial charge in [-0.3, -0.25) is 0 Å². The molecule has 0 saturated heterocycles. The Kier molecular flexibility index (Phi) is 9.14. The molecule has 0 radical (unpaired) electrons. The summed E-state index contributed by atoms with van der Waals surface area (Å²) in [7, 11) is 0. The molecular weight excluding hydrogens is 242 g/mol. The van der Waals surface area contributed by atoms with E-state index in [2.05, 4.69) is 22.4 Å². The zero-order valence-corrected chi connectivity index (χ0v) is 11.7. The summed E-state index contributed by atoms with van der Waals surface area (Å²) in [5.41, 5.74) is 0.871. The van der Waals surface area contributed by atoms with Crippen molar-refractivity contribution in [2.75, 3.05) is 19.8 Å². The van der Waals surface area contributed by atoms with Crippen molar-refractivity contribution in [2.45, 2.75) is 45.3 Å². The van der Waals surface area contributed by atoms with Gasteiger partial charge in [-0.25, -0.2) is 0 Å². The van der Waals surface area contributed by atoms with E-state index in [9.17, 15) is 5.11 Å². The molecule has 1 unspecified atom stereocenters. The summed E-state index contributed by atoms with van der Waals surface area (Å²) in [4.78, 5) is 0. The van der Waals surface area contributed by atoms with Crippen molar-refractivity contribution in [1.82, 2.24) is 15.5 Å². The van der Waals surface area contributed by atoms with Crippen molar-refractivity contribution < 1.29 is 9.84 Å². The first-order chi connectivity index (χ1) is 9.33. The quantitative estimate of drug-likeness (QED) is 0.595.